The maximum absolute atomic E-state index is 11.2. The number of fused-ring (bicyclic) bond motifs is 1. The van der Waals surface area contributed by atoms with Gasteiger partial charge in [-0.1, -0.05) is 6.92 Å². The summed E-state index contributed by atoms with van der Waals surface area (Å²) in [4.78, 5) is 12.5. The molecule has 0 aromatic carbocycles. The quantitative estimate of drug-likeness (QED) is 0.870. The lowest BCUT2D eigenvalue weighted by Gasteiger charge is -2.10. The van der Waals surface area contributed by atoms with Crippen LogP contribution in [0, 0.1) is 0 Å². The molecule has 1 aromatic rings. The molecule has 0 saturated heterocycles. The van der Waals surface area contributed by atoms with Gasteiger partial charge in [-0.3, -0.25) is 4.79 Å². The Morgan fingerprint density at radius 2 is 2.44 bits per heavy atom. The molecule has 2 rings (SSSR count). The van der Waals surface area contributed by atoms with Crippen LogP contribution in [0.25, 0.3) is 0 Å². The number of carbonyl (C=O) groups is 1. The monoisotopic (exact) mass is 256 g/mol. The summed E-state index contributed by atoms with van der Waals surface area (Å²) in [7, 11) is 0. The second-order valence-electron chi connectivity index (χ2n) is 3.86. The number of anilines is 1. The number of hydrogen-bond acceptors (Lipinski definition) is 4. The van der Waals surface area contributed by atoms with E-state index in [0.29, 0.717) is 11.8 Å². The predicted molar refractivity (Wildman–Crippen MR) is 70.4 cm³/mol. The lowest BCUT2D eigenvalue weighted by Crippen LogP contribution is -2.18. The molecule has 0 fully saturated rings. The van der Waals surface area contributed by atoms with E-state index < -0.39 is 0 Å². The van der Waals surface area contributed by atoms with Crippen molar-refractivity contribution in [2.24, 2.45) is 0 Å². The van der Waals surface area contributed by atoms with Crippen LogP contribution in [0.5, 0.6) is 0 Å². The van der Waals surface area contributed by atoms with Crippen LogP contribution in [0.1, 0.15) is 31.2 Å². The number of amides is 1. The van der Waals surface area contributed by atoms with Crippen molar-refractivity contribution < 1.29 is 4.79 Å². The molecule has 0 radical (unpaired) electrons. The molecule has 1 aliphatic rings. The first-order valence-corrected chi connectivity index (χ1v) is 7.30. The lowest BCUT2D eigenvalue weighted by molar-refractivity contribution is -0.113. The topological polar surface area (TPSA) is 41.1 Å². The third kappa shape index (κ3) is 2.59. The molecule has 3 nitrogen and oxygen atoms in total. The smallest absolute Gasteiger partial charge is 0.234 e. The highest BCUT2D eigenvalue weighted by atomic mass is 32.2. The number of rotatable bonds is 4. The first-order chi connectivity index (χ1) is 7.70. The molecule has 1 aliphatic heterocycles. The fourth-order valence-electron chi connectivity index (χ4n) is 1.58. The van der Waals surface area contributed by atoms with Crippen molar-refractivity contribution in [3.8, 4) is 0 Å². The van der Waals surface area contributed by atoms with Crippen LogP contribution >= 0.6 is 23.1 Å². The molecule has 0 spiro atoms. The maximum atomic E-state index is 11.2. The van der Waals surface area contributed by atoms with Crippen molar-refractivity contribution in [2.75, 3.05) is 17.6 Å². The summed E-state index contributed by atoms with van der Waals surface area (Å²) in [6, 6.07) is 2.46. The third-order valence-electron chi connectivity index (χ3n) is 2.45. The van der Waals surface area contributed by atoms with E-state index in [1.165, 1.54) is 9.09 Å². The van der Waals surface area contributed by atoms with E-state index >= 15 is 0 Å². The molecule has 1 atom stereocenters. The Bertz CT molecular complexity index is 389. The highest BCUT2D eigenvalue weighted by molar-refractivity contribution is 8.02. The standard InChI is InChI=1S/C11H16N2OS2/c1-3-4-12-7(2)9-5-8-11(16-9)15-6-10(14)13-8/h5,7,12H,3-4,6H2,1-2H3,(H,13,14). The first-order valence-electron chi connectivity index (χ1n) is 5.50. The van der Waals surface area contributed by atoms with Gasteiger partial charge in [-0.05, 0) is 26.0 Å². The molecule has 0 aliphatic carbocycles. The molecular weight excluding hydrogens is 240 g/mol. The SMILES string of the molecule is CCCNC(C)c1cc2c(s1)SCC(=O)N2. The van der Waals surface area contributed by atoms with Crippen molar-refractivity contribution >= 4 is 34.7 Å². The van der Waals surface area contributed by atoms with E-state index in [-0.39, 0.29) is 5.91 Å². The van der Waals surface area contributed by atoms with Gasteiger partial charge in [0.15, 0.2) is 0 Å². The Kier molecular flexibility index (Phi) is 3.89. The van der Waals surface area contributed by atoms with Gasteiger partial charge in [0.1, 0.15) is 0 Å². The Hall–Kier alpha value is -0.520. The maximum Gasteiger partial charge on any atom is 0.234 e. The summed E-state index contributed by atoms with van der Waals surface area (Å²) in [6.07, 6.45) is 1.14. The molecule has 0 bridgehead atoms. The number of thiophene rings is 1. The van der Waals surface area contributed by atoms with Gasteiger partial charge in [0, 0.05) is 10.9 Å². The van der Waals surface area contributed by atoms with Crippen molar-refractivity contribution in [1.82, 2.24) is 5.32 Å². The van der Waals surface area contributed by atoms with Crippen LogP contribution in [-0.4, -0.2) is 18.2 Å². The van der Waals surface area contributed by atoms with Crippen molar-refractivity contribution in [3.63, 3.8) is 0 Å². The number of hydrogen-bond donors (Lipinski definition) is 2. The normalized spacial score (nSPS) is 16.8. The summed E-state index contributed by atoms with van der Waals surface area (Å²) in [6.45, 7) is 5.36. The fraction of sp³-hybridized carbons (Fsp3) is 0.545. The summed E-state index contributed by atoms with van der Waals surface area (Å²) in [5, 5.41) is 6.37. The Balaban J connectivity index is 2.09. The molecule has 5 heteroatoms. The second-order valence-corrected chi connectivity index (χ2v) is 6.19. The molecule has 16 heavy (non-hydrogen) atoms. The van der Waals surface area contributed by atoms with Gasteiger partial charge in [-0.15, -0.1) is 23.1 Å². The molecular formula is C11H16N2OS2. The van der Waals surface area contributed by atoms with Gasteiger partial charge < -0.3 is 10.6 Å². The minimum atomic E-state index is 0.107. The van der Waals surface area contributed by atoms with Crippen LogP contribution in [0.4, 0.5) is 5.69 Å². The minimum Gasteiger partial charge on any atom is -0.324 e. The number of carbonyl (C=O) groups excluding carboxylic acids is 1. The predicted octanol–water partition coefficient (Wildman–Crippen LogP) is 2.85. The van der Waals surface area contributed by atoms with E-state index in [4.69, 9.17) is 0 Å². The number of thioether (sulfide) groups is 1. The average Bonchev–Trinajstić information content (AvgIpc) is 2.68. The van der Waals surface area contributed by atoms with Crippen molar-refractivity contribution in [1.29, 1.82) is 0 Å². The highest BCUT2D eigenvalue weighted by Crippen LogP contribution is 2.40. The van der Waals surface area contributed by atoms with Crippen molar-refractivity contribution in [3.05, 3.63) is 10.9 Å². The Morgan fingerprint density at radius 3 is 3.19 bits per heavy atom. The zero-order valence-corrected chi connectivity index (χ0v) is 11.1. The molecule has 0 saturated carbocycles. The highest BCUT2D eigenvalue weighted by Gasteiger charge is 2.20. The van der Waals surface area contributed by atoms with Gasteiger partial charge in [0.2, 0.25) is 5.91 Å². The van der Waals surface area contributed by atoms with E-state index in [0.717, 1.165) is 18.7 Å². The first kappa shape index (κ1) is 12.0. The van der Waals surface area contributed by atoms with Crippen molar-refractivity contribution in [2.45, 2.75) is 30.5 Å². The summed E-state index contributed by atoms with van der Waals surface area (Å²) in [5.41, 5.74) is 0.992. The van der Waals surface area contributed by atoms with E-state index in [9.17, 15) is 4.79 Å². The zero-order valence-electron chi connectivity index (χ0n) is 9.50. The van der Waals surface area contributed by atoms with E-state index in [1.54, 1.807) is 23.1 Å². The lowest BCUT2D eigenvalue weighted by atomic mass is 10.2. The molecule has 88 valence electrons. The van der Waals surface area contributed by atoms with Crippen LogP contribution in [-0.2, 0) is 4.79 Å². The molecule has 1 amide bonds. The van der Waals surface area contributed by atoms with Gasteiger partial charge in [0.25, 0.3) is 0 Å². The van der Waals surface area contributed by atoms with Crippen LogP contribution in [0.15, 0.2) is 10.3 Å². The Morgan fingerprint density at radius 1 is 1.62 bits per heavy atom. The summed E-state index contributed by atoms with van der Waals surface area (Å²) < 4.78 is 1.24. The minimum absolute atomic E-state index is 0.107. The average molecular weight is 256 g/mol. The van der Waals surface area contributed by atoms with Gasteiger partial charge in [-0.25, -0.2) is 0 Å². The van der Waals surface area contributed by atoms with Crippen LogP contribution in [0.2, 0.25) is 0 Å². The van der Waals surface area contributed by atoms with Gasteiger partial charge >= 0.3 is 0 Å². The number of nitrogens with one attached hydrogen (secondary N) is 2. The van der Waals surface area contributed by atoms with Gasteiger partial charge in [0.05, 0.1) is 15.6 Å². The van der Waals surface area contributed by atoms with Crippen LogP contribution < -0.4 is 10.6 Å². The van der Waals surface area contributed by atoms with E-state index in [1.807, 2.05) is 0 Å². The molecule has 1 aromatic heterocycles. The van der Waals surface area contributed by atoms with Gasteiger partial charge in [-0.2, -0.15) is 0 Å². The molecule has 1 unspecified atom stereocenters. The Labute approximate surface area is 104 Å². The molecule has 2 heterocycles. The largest absolute Gasteiger partial charge is 0.324 e. The molecule has 2 N–H and O–H groups in total. The second kappa shape index (κ2) is 5.21. The summed E-state index contributed by atoms with van der Waals surface area (Å²) >= 11 is 3.42. The third-order valence-corrected chi connectivity index (χ3v) is 5.06. The van der Waals surface area contributed by atoms with Crippen LogP contribution in [0.3, 0.4) is 0 Å². The van der Waals surface area contributed by atoms with E-state index in [2.05, 4.69) is 30.5 Å². The zero-order chi connectivity index (χ0) is 11.5. The summed E-state index contributed by atoms with van der Waals surface area (Å²) in [5.74, 6) is 0.653. The fourth-order valence-corrected chi connectivity index (χ4v) is 3.75.